The number of hydrogen-bond donors (Lipinski definition) is 0. The lowest BCUT2D eigenvalue weighted by Crippen LogP contribution is -2.70. The van der Waals surface area contributed by atoms with Crippen LogP contribution in [0.1, 0.15) is 12.8 Å². The van der Waals surface area contributed by atoms with Crippen LogP contribution in [0.3, 0.4) is 0 Å². The summed E-state index contributed by atoms with van der Waals surface area (Å²) >= 11 is 0. The summed E-state index contributed by atoms with van der Waals surface area (Å²) in [5.41, 5.74) is 0. The summed E-state index contributed by atoms with van der Waals surface area (Å²) in [4.78, 5) is 0. The van der Waals surface area contributed by atoms with Gasteiger partial charge in [0.15, 0.2) is 0 Å². The van der Waals surface area contributed by atoms with Crippen LogP contribution >= 0.6 is 0 Å². The molecule has 1 aliphatic carbocycles. The lowest BCUT2D eigenvalue weighted by atomic mass is 9.90. The Morgan fingerprint density at radius 2 is 0.923 bits per heavy atom. The Labute approximate surface area is 138 Å². The van der Waals surface area contributed by atoms with E-state index in [-0.39, 0.29) is 5.92 Å². The smallest absolute Gasteiger partial charge is 0.200 e. The molecule has 151 valence electrons. The molecular formula is C13H8F13. The second-order valence-electron chi connectivity index (χ2n) is 5.29. The van der Waals surface area contributed by atoms with Crippen molar-refractivity contribution in [1.29, 1.82) is 0 Å². The molecule has 1 saturated carbocycles. The number of alkyl halides is 13. The monoisotopic (exact) mass is 411 g/mol. The summed E-state index contributed by atoms with van der Waals surface area (Å²) in [5.74, 6) is -36.6. The van der Waals surface area contributed by atoms with Gasteiger partial charge in [0.1, 0.15) is 0 Å². The van der Waals surface area contributed by atoms with Crippen molar-refractivity contribution in [3.8, 4) is 0 Å². The first kappa shape index (κ1) is 23.1. The minimum Gasteiger partial charge on any atom is -0.200 e. The van der Waals surface area contributed by atoms with Crippen molar-refractivity contribution in [2.45, 2.75) is 48.6 Å². The second-order valence-corrected chi connectivity index (χ2v) is 5.29. The Balaban J connectivity index is 3.16. The van der Waals surface area contributed by atoms with Crippen molar-refractivity contribution in [3.63, 3.8) is 0 Å². The molecule has 0 aromatic rings. The van der Waals surface area contributed by atoms with E-state index in [2.05, 4.69) is 0 Å². The Morgan fingerprint density at radius 3 is 1.31 bits per heavy atom. The molecule has 0 spiro atoms. The molecule has 0 heterocycles. The fraction of sp³-hybridized carbons (Fsp3) is 0.615. The van der Waals surface area contributed by atoms with Gasteiger partial charge in [-0.05, 0) is 38.0 Å². The molecule has 0 atom stereocenters. The van der Waals surface area contributed by atoms with Gasteiger partial charge in [-0.3, -0.25) is 0 Å². The van der Waals surface area contributed by atoms with E-state index < -0.39 is 48.6 Å². The van der Waals surface area contributed by atoms with E-state index in [1.807, 2.05) is 0 Å². The normalized spacial score (nSPS) is 19.3. The number of rotatable bonds is 7. The minimum absolute atomic E-state index is 0.101. The molecule has 1 fully saturated rings. The van der Waals surface area contributed by atoms with Crippen LogP contribution in [-0.2, 0) is 0 Å². The lowest BCUT2D eigenvalue weighted by molar-refractivity contribution is -0.440. The van der Waals surface area contributed by atoms with Crippen molar-refractivity contribution in [1.82, 2.24) is 0 Å². The first-order valence-electron chi connectivity index (χ1n) is 6.49. The molecular weight excluding hydrogens is 403 g/mol. The maximum absolute atomic E-state index is 13.4. The quantitative estimate of drug-likeness (QED) is 0.457. The van der Waals surface area contributed by atoms with Crippen LogP contribution in [0.25, 0.3) is 0 Å². The average Bonchev–Trinajstić information content (AvgIpc) is 2.96. The Hall–Kier alpha value is -0.910. The first-order valence-corrected chi connectivity index (χ1v) is 6.49. The summed E-state index contributed by atoms with van der Waals surface area (Å²) in [6.07, 6.45) is -6.01. The van der Waals surface area contributed by atoms with E-state index in [4.69, 9.17) is 0 Å². The molecule has 1 aliphatic rings. The van der Waals surface area contributed by atoms with E-state index in [0.29, 0.717) is 0 Å². The van der Waals surface area contributed by atoms with Crippen LogP contribution in [0.4, 0.5) is 57.1 Å². The third-order valence-electron chi connectivity index (χ3n) is 3.46. The van der Waals surface area contributed by atoms with Crippen molar-refractivity contribution in [3.05, 3.63) is 31.6 Å². The summed E-state index contributed by atoms with van der Waals surface area (Å²) in [7, 11) is 0. The highest BCUT2D eigenvalue weighted by atomic mass is 19.4. The molecule has 1 rings (SSSR count). The topological polar surface area (TPSA) is 0 Å². The van der Waals surface area contributed by atoms with Gasteiger partial charge in [-0.15, -0.1) is 0 Å². The highest BCUT2D eigenvalue weighted by Gasteiger charge is 2.90. The Kier molecular flexibility index (Phi) is 5.88. The summed E-state index contributed by atoms with van der Waals surface area (Å²) < 4.78 is 167. The molecule has 0 bridgehead atoms. The molecule has 26 heavy (non-hydrogen) atoms. The van der Waals surface area contributed by atoms with Gasteiger partial charge < -0.3 is 0 Å². The van der Waals surface area contributed by atoms with Crippen molar-refractivity contribution < 1.29 is 57.1 Å². The Bertz CT molecular complexity index is 485. The van der Waals surface area contributed by atoms with Crippen LogP contribution in [0.5, 0.6) is 0 Å². The molecule has 0 aromatic heterocycles. The SMILES string of the molecule is FC(F)(F)C(F)(F)C(F)(F)C(F)(F)C(F)(F)C(F)(F)CC[C]1[CH][CH][CH][CH]1. The van der Waals surface area contributed by atoms with Gasteiger partial charge in [0.2, 0.25) is 0 Å². The van der Waals surface area contributed by atoms with Crippen LogP contribution in [-0.4, -0.2) is 35.8 Å². The maximum Gasteiger partial charge on any atom is 0.460 e. The highest BCUT2D eigenvalue weighted by molar-refractivity contribution is 5.35. The zero-order valence-electron chi connectivity index (χ0n) is 12.1. The van der Waals surface area contributed by atoms with Crippen LogP contribution in [0, 0.1) is 31.6 Å². The third kappa shape index (κ3) is 3.46. The third-order valence-corrected chi connectivity index (χ3v) is 3.46. The van der Waals surface area contributed by atoms with Gasteiger partial charge in [0.05, 0.1) is 0 Å². The molecule has 0 nitrogen and oxygen atoms in total. The summed E-state index contributed by atoms with van der Waals surface area (Å²) in [6.45, 7) is 0. The molecule has 5 radical (unpaired) electrons. The zero-order valence-corrected chi connectivity index (χ0v) is 12.1. The van der Waals surface area contributed by atoms with Crippen molar-refractivity contribution in [2.75, 3.05) is 0 Å². The Morgan fingerprint density at radius 1 is 0.538 bits per heavy atom. The predicted molar refractivity (Wildman–Crippen MR) is 60.5 cm³/mol. The maximum atomic E-state index is 13.4. The predicted octanol–water partition coefficient (Wildman–Crippen LogP) is 5.91. The van der Waals surface area contributed by atoms with E-state index in [9.17, 15) is 57.1 Å². The number of halogens is 13. The minimum atomic E-state index is -7.84. The molecule has 0 amide bonds. The van der Waals surface area contributed by atoms with E-state index in [1.54, 1.807) is 0 Å². The molecule has 0 aliphatic heterocycles. The first-order chi connectivity index (χ1) is 11.3. The van der Waals surface area contributed by atoms with Crippen molar-refractivity contribution in [2.24, 2.45) is 0 Å². The molecule has 13 heteroatoms. The number of hydrogen-bond acceptors (Lipinski definition) is 0. The second kappa shape index (κ2) is 6.61. The molecule has 0 aromatic carbocycles. The molecule has 0 saturated heterocycles. The van der Waals surface area contributed by atoms with Gasteiger partial charge in [0.25, 0.3) is 0 Å². The lowest BCUT2D eigenvalue weighted by Gasteiger charge is -2.39. The standard InChI is InChI=1S/C13H8F13/c14-8(15,6-5-7-3-1-2-4-7)9(16,17)10(18,19)11(20,21)12(22,23)13(24,25)26/h1-4H,5-6H2. The summed E-state index contributed by atoms with van der Waals surface area (Å²) in [6, 6.07) is 0. The zero-order chi connectivity index (χ0) is 20.8. The highest BCUT2D eigenvalue weighted by Crippen LogP contribution is 2.60. The largest absolute Gasteiger partial charge is 0.460 e. The average molecular weight is 411 g/mol. The van der Waals surface area contributed by atoms with E-state index in [1.165, 1.54) is 12.8 Å². The van der Waals surface area contributed by atoms with Gasteiger partial charge in [0, 0.05) is 6.42 Å². The molecule has 0 unspecified atom stereocenters. The van der Waals surface area contributed by atoms with Gasteiger partial charge in [-0.25, -0.2) is 0 Å². The van der Waals surface area contributed by atoms with Gasteiger partial charge in [-0.1, -0.05) is 0 Å². The van der Waals surface area contributed by atoms with E-state index in [0.717, 1.165) is 12.8 Å². The van der Waals surface area contributed by atoms with Gasteiger partial charge >= 0.3 is 35.8 Å². The van der Waals surface area contributed by atoms with Crippen LogP contribution in [0.15, 0.2) is 0 Å². The molecule has 0 N–H and O–H groups in total. The van der Waals surface area contributed by atoms with Crippen LogP contribution in [0.2, 0.25) is 0 Å². The summed E-state index contributed by atoms with van der Waals surface area (Å²) in [5, 5.41) is 0. The van der Waals surface area contributed by atoms with Crippen molar-refractivity contribution >= 4 is 0 Å². The fourth-order valence-electron chi connectivity index (χ4n) is 1.84. The van der Waals surface area contributed by atoms with Crippen LogP contribution < -0.4 is 0 Å². The fourth-order valence-corrected chi connectivity index (χ4v) is 1.84. The van der Waals surface area contributed by atoms with Gasteiger partial charge in [-0.2, -0.15) is 57.1 Å². The van der Waals surface area contributed by atoms with E-state index >= 15 is 0 Å².